The summed E-state index contributed by atoms with van der Waals surface area (Å²) >= 11 is 0. The van der Waals surface area contributed by atoms with Gasteiger partial charge in [0.15, 0.2) is 0 Å². The first-order valence-corrected chi connectivity index (χ1v) is 12.2. The molecule has 170 valence electrons. The van der Waals surface area contributed by atoms with Crippen LogP contribution in [0.15, 0.2) is 24.3 Å². The number of aliphatic hydroxyl groups is 1. The Labute approximate surface area is 183 Å². The number of carbonyl (C=O) groups excluding carboxylic acids is 1. The van der Waals surface area contributed by atoms with E-state index in [1.165, 1.54) is 50.5 Å². The van der Waals surface area contributed by atoms with Crippen molar-refractivity contribution in [3.63, 3.8) is 0 Å². The summed E-state index contributed by atoms with van der Waals surface area (Å²) in [5.41, 5.74) is 1.50. The van der Waals surface area contributed by atoms with Crippen LogP contribution in [0, 0.1) is 0 Å². The lowest BCUT2D eigenvalue weighted by molar-refractivity contribution is -0.0538. The zero-order valence-electron chi connectivity index (χ0n) is 19.2. The molecule has 0 heterocycles. The fraction of sp³-hybridized carbons (Fsp3) is 0.731. The minimum Gasteiger partial charge on any atom is -0.434 e. The normalized spacial score (nSPS) is 21.4. The number of aryl methyl sites for hydroxylation is 1. The van der Waals surface area contributed by atoms with Crippen molar-refractivity contribution >= 4 is 6.16 Å². The van der Waals surface area contributed by atoms with Crippen molar-refractivity contribution in [2.24, 2.45) is 0 Å². The van der Waals surface area contributed by atoms with Crippen molar-refractivity contribution in [2.45, 2.75) is 115 Å². The Morgan fingerprint density at radius 3 is 2.17 bits per heavy atom. The standard InChI is InChI=1S/C26H42O4/c1-3-5-7-9-11-21-29-25(27)30-24-17-19-26(28,20-18-24)23-15-13-22(14-16-23)12-10-8-6-4-2/h13-16,24,28H,3-12,17-21H2,1-2H3. The maximum Gasteiger partial charge on any atom is 0.508 e. The van der Waals surface area contributed by atoms with Crippen LogP contribution in [-0.4, -0.2) is 24.0 Å². The largest absolute Gasteiger partial charge is 0.508 e. The van der Waals surface area contributed by atoms with Crippen LogP contribution < -0.4 is 0 Å². The summed E-state index contributed by atoms with van der Waals surface area (Å²) < 4.78 is 10.7. The van der Waals surface area contributed by atoms with Gasteiger partial charge in [0.25, 0.3) is 0 Å². The fourth-order valence-electron chi connectivity index (χ4n) is 4.24. The van der Waals surface area contributed by atoms with Gasteiger partial charge in [-0.2, -0.15) is 0 Å². The molecule has 1 aliphatic rings. The van der Waals surface area contributed by atoms with Crippen LogP contribution in [0.2, 0.25) is 0 Å². The van der Waals surface area contributed by atoms with Gasteiger partial charge < -0.3 is 14.6 Å². The average molecular weight is 419 g/mol. The maximum atomic E-state index is 11.9. The van der Waals surface area contributed by atoms with Crippen molar-refractivity contribution in [2.75, 3.05) is 6.61 Å². The third kappa shape index (κ3) is 8.67. The molecule has 1 aliphatic carbocycles. The molecule has 1 aromatic carbocycles. The molecule has 0 spiro atoms. The number of benzene rings is 1. The van der Waals surface area contributed by atoms with Crippen LogP contribution in [0.1, 0.15) is 108 Å². The van der Waals surface area contributed by atoms with E-state index < -0.39 is 11.8 Å². The van der Waals surface area contributed by atoms with Crippen LogP contribution in [0.3, 0.4) is 0 Å². The lowest BCUT2D eigenvalue weighted by Gasteiger charge is -2.36. The minimum absolute atomic E-state index is 0.157. The molecule has 30 heavy (non-hydrogen) atoms. The van der Waals surface area contributed by atoms with E-state index in [9.17, 15) is 9.90 Å². The van der Waals surface area contributed by atoms with E-state index in [4.69, 9.17) is 9.47 Å². The molecule has 0 aromatic heterocycles. The maximum absolute atomic E-state index is 11.9. The Kier molecular flexibility index (Phi) is 11.3. The topological polar surface area (TPSA) is 55.8 Å². The predicted octanol–water partition coefficient (Wildman–Crippen LogP) is 7.06. The zero-order valence-corrected chi connectivity index (χ0v) is 19.2. The van der Waals surface area contributed by atoms with Gasteiger partial charge in [-0.05, 0) is 56.1 Å². The van der Waals surface area contributed by atoms with E-state index in [1.54, 1.807) is 0 Å². The minimum atomic E-state index is -0.816. The van der Waals surface area contributed by atoms with Gasteiger partial charge >= 0.3 is 6.16 Å². The second-order valence-electron chi connectivity index (χ2n) is 8.87. The molecule has 0 atom stereocenters. The second-order valence-corrected chi connectivity index (χ2v) is 8.87. The summed E-state index contributed by atoms with van der Waals surface area (Å²) in [6.07, 6.45) is 13.6. The Bertz CT molecular complexity index is 588. The summed E-state index contributed by atoms with van der Waals surface area (Å²) in [4.78, 5) is 11.9. The molecule has 0 saturated heterocycles. The molecule has 0 unspecified atom stereocenters. The van der Waals surface area contributed by atoms with Crippen molar-refractivity contribution in [1.29, 1.82) is 0 Å². The Balaban J connectivity index is 1.68. The number of hydrogen-bond acceptors (Lipinski definition) is 4. The smallest absolute Gasteiger partial charge is 0.434 e. The van der Waals surface area contributed by atoms with E-state index in [0.29, 0.717) is 32.3 Å². The molecule has 0 bridgehead atoms. The molecule has 2 rings (SSSR count). The molecule has 1 fully saturated rings. The summed E-state index contributed by atoms with van der Waals surface area (Å²) in [5.74, 6) is 0. The van der Waals surface area contributed by atoms with Crippen molar-refractivity contribution in [3.05, 3.63) is 35.4 Å². The lowest BCUT2D eigenvalue weighted by Crippen LogP contribution is -2.35. The fourth-order valence-corrected chi connectivity index (χ4v) is 4.24. The van der Waals surface area contributed by atoms with Gasteiger partial charge in [0.1, 0.15) is 6.10 Å². The highest BCUT2D eigenvalue weighted by Crippen LogP contribution is 2.38. The molecular formula is C26H42O4. The molecule has 1 saturated carbocycles. The van der Waals surface area contributed by atoms with E-state index in [0.717, 1.165) is 24.8 Å². The highest BCUT2D eigenvalue weighted by molar-refractivity contribution is 5.60. The van der Waals surface area contributed by atoms with Crippen molar-refractivity contribution < 1.29 is 19.4 Å². The Hall–Kier alpha value is -1.55. The van der Waals surface area contributed by atoms with Crippen LogP contribution in [0.25, 0.3) is 0 Å². The monoisotopic (exact) mass is 418 g/mol. The van der Waals surface area contributed by atoms with Gasteiger partial charge in [0.2, 0.25) is 0 Å². The van der Waals surface area contributed by atoms with Gasteiger partial charge in [-0.25, -0.2) is 4.79 Å². The molecular weight excluding hydrogens is 376 g/mol. The van der Waals surface area contributed by atoms with E-state index in [-0.39, 0.29) is 6.10 Å². The highest BCUT2D eigenvalue weighted by atomic mass is 16.7. The van der Waals surface area contributed by atoms with Crippen molar-refractivity contribution in [3.8, 4) is 0 Å². The molecule has 1 aromatic rings. The predicted molar refractivity (Wildman–Crippen MR) is 122 cm³/mol. The zero-order chi connectivity index (χ0) is 21.7. The Morgan fingerprint density at radius 1 is 0.933 bits per heavy atom. The highest BCUT2D eigenvalue weighted by Gasteiger charge is 2.36. The average Bonchev–Trinajstić information content (AvgIpc) is 2.76. The number of unbranched alkanes of at least 4 members (excludes halogenated alkanes) is 7. The first-order chi connectivity index (χ1) is 14.6. The van der Waals surface area contributed by atoms with Gasteiger partial charge in [-0.3, -0.25) is 0 Å². The van der Waals surface area contributed by atoms with E-state index in [2.05, 4.69) is 38.1 Å². The lowest BCUT2D eigenvalue weighted by atomic mass is 9.78. The van der Waals surface area contributed by atoms with E-state index in [1.807, 2.05) is 0 Å². The van der Waals surface area contributed by atoms with Crippen LogP contribution >= 0.6 is 0 Å². The SMILES string of the molecule is CCCCCCCOC(=O)OC1CCC(O)(c2ccc(CCCCCC)cc2)CC1. The summed E-state index contributed by atoms with van der Waals surface area (Å²) in [6, 6.07) is 8.45. The Morgan fingerprint density at radius 2 is 1.53 bits per heavy atom. The third-order valence-electron chi connectivity index (χ3n) is 6.30. The number of rotatable bonds is 13. The molecule has 0 radical (unpaired) electrons. The van der Waals surface area contributed by atoms with Gasteiger partial charge in [-0.15, -0.1) is 0 Å². The molecule has 4 nitrogen and oxygen atoms in total. The summed E-state index contributed by atoms with van der Waals surface area (Å²) in [5, 5.41) is 11.1. The van der Waals surface area contributed by atoms with Gasteiger partial charge in [-0.1, -0.05) is 83.1 Å². The quantitative estimate of drug-likeness (QED) is 0.275. The summed E-state index contributed by atoms with van der Waals surface area (Å²) in [7, 11) is 0. The molecule has 0 amide bonds. The number of carbonyl (C=O) groups is 1. The van der Waals surface area contributed by atoms with E-state index >= 15 is 0 Å². The third-order valence-corrected chi connectivity index (χ3v) is 6.30. The first kappa shape index (κ1) is 24.7. The summed E-state index contributed by atoms with van der Waals surface area (Å²) in [6.45, 7) is 4.85. The first-order valence-electron chi connectivity index (χ1n) is 12.2. The van der Waals surface area contributed by atoms with Crippen LogP contribution in [-0.2, 0) is 21.5 Å². The molecule has 4 heteroatoms. The number of ether oxygens (including phenoxy) is 2. The van der Waals surface area contributed by atoms with Crippen LogP contribution in [0.5, 0.6) is 0 Å². The number of hydrogen-bond donors (Lipinski definition) is 1. The van der Waals surface area contributed by atoms with Crippen molar-refractivity contribution in [1.82, 2.24) is 0 Å². The second kappa shape index (κ2) is 13.7. The molecule has 0 aliphatic heterocycles. The molecule has 1 N–H and O–H groups in total. The van der Waals surface area contributed by atoms with Crippen LogP contribution in [0.4, 0.5) is 4.79 Å². The van der Waals surface area contributed by atoms with Gasteiger partial charge in [0.05, 0.1) is 12.2 Å². The van der Waals surface area contributed by atoms with Gasteiger partial charge in [0, 0.05) is 0 Å².